The second kappa shape index (κ2) is 4.51. The van der Waals surface area contributed by atoms with Crippen LogP contribution in [0, 0.1) is 0 Å². The number of hydrogen-bond donors (Lipinski definition) is 0. The molecule has 1 aromatic heterocycles. The topological polar surface area (TPSA) is 30.0 Å². The van der Waals surface area contributed by atoms with Crippen molar-refractivity contribution in [1.29, 1.82) is 0 Å². The van der Waals surface area contributed by atoms with Crippen LogP contribution in [0.3, 0.4) is 0 Å². The van der Waals surface area contributed by atoms with Crippen LogP contribution < -0.4 is 0 Å². The average Bonchev–Trinajstić information content (AvgIpc) is 2.31. The van der Waals surface area contributed by atoms with Gasteiger partial charge in [0.15, 0.2) is 0 Å². The SMILES string of the molecule is O=CCc1cc(-c2ccccc2)ccn1. The Morgan fingerprint density at radius 1 is 1.07 bits per heavy atom. The highest BCUT2D eigenvalue weighted by Gasteiger charge is 1.98. The van der Waals surface area contributed by atoms with Crippen molar-refractivity contribution in [2.75, 3.05) is 0 Å². The van der Waals surface area contributed by atoms with Gasteiger partial charge in [-0.15, -0.1) is 0 Å². The second-order valence-electron chi connectivity index (χ2n) is 3.27. The van der Waals surface area contributed by atoms with Crippen LogP contribution in [-0.2, 0) is 11.2 Å². The molecule has 0 fully saturated rings. The third kappa shape index (κ3) is 2.29. The summed E-state index contributed by atoms with van der Waals surface area (Å²) < 4.78 is 0. The molecule has 0 radical (unpaired) electrons. The molecule has 0 aliphatic heterocycles. The van der Waals surface area contributed by atoms with Crippen LogP contribution in [0.4, 0.5) is 0 Å². The van der Waals surface area contributed by atoms with E-state index in [1.165, 1.54) is 0 Å². The summed E-state index contributed by atoms with van der Waals surface area (Å²) in [6.07, 6.45) is 2.99. The van der Waals surface area contributed by atoms with Gasteiger partial charge < -0.3 is 4.79 Å². The third-order valence-corrected chi connectivity index (χ3v) is 2.22. The molecule has 2 aromatic rings. The first-order valence-electron chi connectivity index (χ1n) is 4.84. The number of nitrogens with zero attached hydrogens (tertiary/aromatic N) is 1. The molecule has 0 N–H and O–H groups in total. The molecule has 2 heteroatoms. The summed E-state index contributed by atoms with van der Waals surface area (Å²) in [5.74, 6) is 0. The maximum Gasteiger partial charge on any atom is 0.125 e. The van der Waals surface area contributed by atoms with Crippen LogP contribution in [-0.4, -0.2) is 11.3 Å². The summed E-state index contributed by atoms with van der Waals surface area (Å²) in [7, 11) is 0. The normalized spacial score (nSPS) is 9.87. The molecule has 0 atom stereocenters. The highest BCUT2D eigenvalue weighted by molar-refractivity contribution is 5.64. The van der Waals surface area contributed by atoms with Gasteiger partial charge in [-0.2, -0.15) is 0 Å². The van der Waals surface area contributed by atoms with Crippen molar-refractivity contribution >= 4 is 6.29 Å². The number of pyridine rings is 1. The Hall–Kier alpha value is -1.96. The molecule has 0 aliphatic rings. The predicted molar refractivity (Wildman–Crippen MR) is 59.4 cm³/mol. The van der Waals surface area contributed by atoms with Crippen LogP contribution in [0.1, 0.15) is 5.69 Å². The minimum Gasteiger partial charge on any atom is -0.303 e. The molecule has 0 saturated heterocycles. The van der Waals surface area contributed by atoms with Gasteiger partial charge in [-0.05, 0) is 23.3 Å². The Labute approximate surface area is 88.6 Å². The summed E-state index contributed by atoms with van der Waals surface area (Å²) in [6.45, 7) is 0. The Morgan fingerprint density at radius 3 is 2.60 bits per heavy atom. The summed E-state index contributed by atoms with van der Waals surface area (Å²) in [4.78, 5) is 14.5. The Morgan fingerprint density at radius 2 is 1.87 bits per heavy atom. The lowest BCUT2D eigenvalue weighted by atomic mass is 10.1. The smallest absolute Gasteiger partial charge is 0.125 e. The molecule has 1 aromatic carbocycles. The molecule has 0 unspecified atom stereocenters. The average molecular weight is 197 g/mol. The van der Waals surface area contributed by atoms with Crippen molar-refractivity contribution in [3.63, 3.8) is 0 Å². The molecule has 0 saturated carbocycles. The maximum absolute atomic E-state index is 10.4. The summed E-state index contributed by atoms with van der Waals surface area (Å²) >= 11 is 0. The summed E-state index contributed by atoms with van der Waals surface area (Å²) in [6, 6.07) is 14.0. The summed E-state index contributed by atoms with van der Waals surface area (Å²) in [5, 5.41) is 0. The first-order valence-corrected chi connectivity index (χ1v) is 4.84. The van der Waals surface area contributed by atoms with Gasteiger partial charge in [0.2, 0.25) is 0 Å². The van der Waals surface area contributed by atoms with Crippen LogP contribution in [0.25, 0.3) is 11.1 Å². The van der Waals surface area contributed by atoms with E-state index >= 15 is 0 Å². The zero-order valence-electron chi connectivity index (χ0n) is 8.26. The van der Waals surface area contributed by atoms with E-state index in [-0.39, 0.29) is 0 Å². The van der Waals surface area contributed by atoms with Crippen molar-refractivity contribution in [3.8, 4) is 11.1 Å². The fourth-order valence-electron chi connectivity index (χ4n) is 1.49. The Bertz CT molecular complexity index is 451. The van der Waals surface area contributed by atoms with E-state index in [1.807, 2.05) is 42.5 Å². The van der Waals surface area contributed by atoms with E-state index in [0.29, 0.717) is 6.42 Å². The van der Waals surface area contributed by atoms with Crippen LogP contribution >= 0.6 is 0 Å². The first kappa shape index (κ1) is 9.59. The van der Waals surface area contributed by atoms with E-state index < -0.39 is 0 Å². The molecule has 2 rings (SSSR count). The number of rotatable bonds is 3. The number of carbonyl (C=O) groups is 1. The fraction of sp³-hybridized carbons (Fsp3) is 0.0769. The highest BCUT2D eigenvalue weighted by Crippen LogP contribution is 2.18. The largest absolute Gasteiger partial charge is 0.303 e. The van der Waals surface area contributed by atoms with Crippen molar-refractivity contribution in [1.82, 2.24) is 4.98 Å². The molecule has 0 spiro atoms. The van der Waals surface area contributed by atoms with Crippen molar-refractivity contribution < 1.29 is 4.79 Å². The molecule has 15 heavy (non-hydrogen) atoms. The first-order chi connectivity index (χ1) is 7.40. The minimum absolute atomic E-state index is 0.376. The Kier molecular flexibility index (Phi) is 2.88. The zero-order chi connectivity index (χ0) is 10.5. The van der Waals surface area contributed by atoms with Gasteiger partial charge >= 0.3 is 0 Å². The standard InChI is InChI=1S/C13H11NO/c15-9-7-13-10-12(6-8-14-13)11-4-2-1-3-5-11/h1-6,8-10H,7H2. The molecular weight excluding hydrogens is 186 g/mol. The molecule has 0 aliphatic carbocycles. The number of carbonyl (C=O) groups excluding carboxylic acids is 1. The number of hydrogen-bond acceptors (Lipinski definition) is 2. The molecular formula is C13H11NO. The molecule has 1 heterocycles. The van der Waals surface area contributed by atoms with Gasteiger partial charge in [0, 0.05) is 18.3 Å². The zero-order valence-corrected chi connectivity index (χ0v) is 8.26. The van der Waals surface area contributed by atoms with Gasteiger partial charge in [-0.3, -0.25) is 4.98 Å². The fourth-order valence-corrected chi connectivity index (χ4v) is 1.49. The van der Waals surface area contributed by atoms with Crippen molar-refractivity contribution in [2.45, 2.75) is 6.42 Å². The van der Waals surface area contributed by atoms with Gasteiger partial charge in [-0.1, -0.05) is 30.3 Å². The Balaban J connectivity index is 2.37. The third-order valence-electron chi connectivity index (χ3n) is 2.22. The van der Waals surface area contributed by atoms with E-state index in [4.69, 9.17) is 0 Å². The van der Waals surface area contributed by atoms with E-state index in [2.05, 4.69) is 4.98 Å². The minimum atomic E-state index is 0.376. The summed E-state index contributed by atoms with van der Waals surface area (Å²) in [5.41, 5.74) is 3.06. The van der Waals surface area contributed by atoms with E-state index in [1.54, 1.807) is 6.20 Å². The van der Waals surface area contributed by atoms with Gasteiger partial charge in [-0.25, -0.2) is 0 Å². The van der Waals surface area contributed by atoms with Crippen molar-refractivity contribution in [2.24, 2.45) is 0 Å². The van der Waals surface area contributed by atoms with Crippen LogP contribution in [0.2, 0.25) is 0 Å². The molecule has 2 nitrogen and oxygen atoms in total. The van der Waals surface area contributed by atoms with Crippen LogP contribution in [0.5, 0.6) is 0 Å². The molecule has 0 bridgehead atoms. The van der Waals surface area contributed by atoms with Gasteiger partial charge in [0.05, 0.1) is 0 Å². The van der Waals surface area contributed by atoms with Gasteiger partial charge in [0.1, 0.15) is 6.29 Å². The molecule has 74 valence electrons. The van der Waals surface area contributed by atoms with Crippen LogP contribution in [0.15, 0.2) is 48.7 Å². The van der Waals surface area contributed by atoms with E-state index in [0.717, 1.165) is 23.1 Å². The second-order valence-corrected chi connectivity index (χ2v) is 3.27. The lowest BCUT2D eigenvalue weighted by Gasteiger charge is -2.02. The lowest BCUT2D eigenvalue weighted by Crippen LogP contribution is -1.90. The molecule has 0 amide bonds. The van der Waals surface area contributed by atoms with E-state index in [9.17, 15) is 4.79 Å². The number of aldehydes is 1. The predicted octanol–water partition coefficient (Wildman–Crippen LogP) is 2.49. The lowest BCUT2D eigenvalue weighted by molar-refractivity contribution is -0.107. The monoisotopic (exact) mass is 197 g/mol. The number of benzene rings is 1. The quantitative estimate of drug-likeness (QED) is 0.707. The van der Waals surface area contributed by atoms with Crippen molar-refractivity contribution in [3.05, 3.63) is 54.4 Å². The van der Waals surface area contributed by atoms with Gasteiger partial charge in [0.25, 0.3) is 0 Å². The number of aromatic nitrogens is 1. The highest BCUT2D eigenvalue weighted by atomic mass is 16.1. The maximum atomic E-state index is 10.4.